The summed E-state index contributed by atoms with van der Waals surface area (Å²) in [6.45, 7) is 4.41. The highest BCUT2D eigenvalue weighted by Crippen LogP contribution is 2.36. The lowest BCUT2D eigenvalue weighted by molar-refractivity contribution is 0.0984. The van der Waals surface area contributed by atoms with Crippen LogP contribution < -0.4 is 19.1 Å². The third kappa shape index (κ3) is 3.99. The Kier molecular flexibility index (Phi) is 5.64. The van der Waals surface area contributed by atoms with Crippen molar-refractivity contribution in [1.29, 1.82) is 0 Å². The summed E-state index contributed by atoms with van der Waals surface area (Å²) < 4.78 is 19.8. The Morgan fingerprint density at radius 3 is 2.88 bits per heavy atom. The molecule has 1 aliphatic heterocycles. The molecule has 1 aliphatic rings. The Hall–Kier alpha value is -3.59. The molecule has 0 bridgehead atoms. The van der Waals surface area contributed by atoms with Gasteiger partial charge in [0.25, 0.3) is 5.91 Å². The van der Waals surface area contributed by atoms with Crippen LogP contribution in [0.3, 0.4) is 0 Å². The fourth-order valence-corrected chi connectivity index (χ4v) is 4.56. The number of carbonyl (C=O) groups is 1. The molecule has 4 aromatic rings. The highest BCUT2D eigenvalue weighted by Gasteiger charge is 2.24. The van der Waals surface area contributed by atoms with E-state index in [1.54, 1.807) is 34.0 Å². The molecule has 3 heterocycles. The van der Waals surface area contributed by atoms with Crippen LogP contribution in [0.5, 0.6) is 17.2 Å². The lowest BCUT2D eigenvalue weighted by Gasteiger charge is -2.22. The minimum absolute atomic E-state index is 0.161. The molecule has 2 aromatic carbocycles. The summed E-state index contributed by atoms with van der Waals surface area (Å²) in [6, 6.07) is 12.9. The number of thiazole rings is 1. The van der Waals surface area contributed by atoms with Gasteiger partial charge in [-0.25, -0.2) is 4.98 Å². The average molecular weight is 451 g/mol. The number of hydrogen-bond acceptors (Lipinski definition) is 7. The van der Waals surface area contributed by atoms with E-state index in [-0.39, 0.29) is 5.91 Å². The zero-order chi connectivity index (χ0) is 21.9. The molecule has 0 saturated carbocycles. The van der Waals surface area contributed by atoms with E-state index in [0.717, 1.165) is 10.2 Å². The number of nitrogens with zero attached hydrogens (tertiary/aromatic N) is 4. The number of carbonyl (C=O) groups excluding carboxylic acids is 1. The second-order valence-electron chi connectivity index (χ2n) is 7.12. The number of rotatable bonds is 7. The third-order valence-corrected chi connectivity index (χ3v) is 6.09. The van der Waals surface area contributed by atoms with Crippen molar-refractivity contribution >= 4 is 32.6 Å². The lowest BCUT2D eigenvalue weighted by Crippen LogP contribution is -2.34. The maximum atomic E-state index is 13.6. The van der Waals surface area contributed by atoms with Crippen molar-refractivity contribution < 1.29 is 19.0 Å². The summed E-state index contributed by atoms with van der Waals surface area (Å²) in [5, 5.41) is 4.87. The maximum absolute atomic E-state index is 13.6. The highest BCUT2D eigenvalue weighted by atomic mass is 32.1. The fourth-order valence-electron chi connectivity index (χ4n) is 3.55. The number of benzene rings is 2. The molecule has 32 heavy (non-hydrogen) atoms. The first-order valence-corrected chi connectivity index (χ1v) is 11.3. The zero-order valence-electron chi connectivity index (χ0n) is 17.6. The number of anilines is 1. The van der Waals surface area contributed by atoms with Crippen molar-refractivity contribution in [2.75, 3.05) is 31.3 Å². The van der Waals surface area contributed by atoms with Gasteiger partial charge in [-0.1, -0.05) is 17.4 Å². The summed E-state index contributed by atoms with van der Waals surface area (Å²) in [6.07, 6.45) is 3.59. The number of hydrogen-bond donors (Lipinski definition) is 0. The Morgan fingerprint density at radius 2 is 2.06 bits per heavy atom. The van der Waals surface area contributed by atoms with Crippen molar-refractivity contribution in [1.82, 2.24) is 14.8 Å². The number of para-hydroxylation sites is 1. The molecule has 164 valence electrons. The van der Waals surface area contributed by atoms with E-state index in [4.69, 9.17) is 19.2 Å². The highest BCUT2D eigenvalue weighted by molar-refractivity contribution is 7.22. The molecule has 0 unspecified atom stereocenters. The van der Waals surface area contributed by atoms with E-state index in [1.807, 2.05) is 37.4 Å². The maximum Gasteiger partial charge on any atom is 0.260 e. The van der Waals surface area contributed by atoms with E-state index in [0.29, 0.717) is 60.9 Å². The molecule has 0 spiro atoms. The van der Waals surface area contributed by atoms with Crippen LogP contribution in [-0.2, 0) is 6.54 Å². The predicted molar refractivity (Wildman–Crippen MR) is 122 cm³/mol. The summed E-state index contributed by atoms with van der Waals surface area (Å²) in [4.78, 5) is 20.1. The number of aromatic nitrogens is 3. The van der Waals surface area contributed by atoms with Crippen LogP contribution in [0.25, 0.3) is 10.2 Å². The van der Waals surface area contributed by atoms with E-state index in [1.165, 1.54) is 11.3 Å². The van der Waals surface area contributed by atoms with Gasteiger partial charge in [-0.15, -0.1) is 0 Å². The second kappa shape index (κ2) is 8.88. The Labute approximate surface area is 189 Å². The summed E-state index contributed by atoms with van der Waals surface area (Å²) in [7, 11) is 0. The largest absolute Gasteiger partial charge is 0.492 e. The molecule has 0 radical (unpaired) electrons. The molecule has 0 fully saturated rings. The molecule has 0 N–H and O–H groups in total. The number of fused-ring (bicyclic) bond motifs is 2. The normalized spacial score (nSPS) is 12.7. The van der Waals surface area contributed by atoms with Crippen LogP contribution in [0.15, 0.2) is 54.9 Å². The molecule has 2 aromatic heterocycles. The smallest absolute Gasteiger partial charge is 0.260 e. The molecule has 0 atom stereocenters. The minimum Gasteiger partial charge on any atom is -0.492 e. The van der Waals surface area contributed by atoms with Crippen molar-refractivity contribution in [3.05, 3.63) is 60.4 Å². The van der Waals surface area contributed by atoms with Gasteiger partial charge in [0.2, 0.25) is 0 Å². The van der Waals surface area contributed by atoms with Crippen LogP contribution in [0, 0.1) is 0 Å². The van der Waals surface area contributed by atoms with Crippen molar-refractivity contribution in [3.8, 4) is 17.2 Å². The van der Waals surface area contributed by atoms with E-state index < -0.39 is 0 Å². The van der Waals surface area contributed by atoms with Gasteiger partial charge in [-0.3, -0.25) is 14.4 Å². The van der Waals surface area contributed by atoms with Gasteiger partial charge in [0.05, 0.1) is 17.9 Å². The topological polar surface area (TPSA) is 78.7 Å². The van der Waals surface area contributed by atoms with Gasteiger partial charge in [0, 0.05) is 24.5 Å². The van der Waals surface area contributed by atoms with Gasteiger partial charge in [0.1, 0.15) is 24.5 Å². The number of ether oxygens (including phenoxy) is 3. The Bertz CT molecular complexity index is 1240. The lowest BCUT2D eigenvalue weighted by atomic mass is 10.1. The quantitative estimate of drug-likeness (QED) is 0.423. The molecular weight excluding hydrogens is 428 g/mol. The van der Waals surface area contributed by atoms with Crippen LogP contribution in [0.4, 0.5) is 5.13 Å². The first-order valence-electron chi connectivity index (χ1n) is 10.4. The first-order chi connectivity index (χ1) is 15.7. The number of amides is 1. The molecule has 8 nitrogen and oxygen atoms in total. The van der Waals surface area contributed by atoms with E-state index >= 15 is 0 Å². The van der Waals surface area contributed by atoms with Crippen LogP contribution in [0.1, 0.15) is 17.3 Å². The van der Waals surface area contributed by atoms with E-state index in [2.05, 4.69) is 5.10 Å². The fraction of sp³-hybridized carbons (Fsp3) is 0.261. The van der Waals surface area contributed by atoms with E-state index in [9.17, 15) is 4.79 Å². The van der Waals surface area contributed by atoms with Crippen LogP contribution in [-0.4, -0.2) is 47.0 Å². The van der Waals surface area contributed by atoms with Crippen molar-refractivity contribution in [2.45, 2.75) is 13.5 Å². The van der Waals surface area contributed by atoms with Crippen molar-refractivity contribution in [2.24, 2.45) is 0 Å². The third-order valence-electron chi connectivity index (χ3n) is 5.05. The average Bonchev–Trinajstić information content (AvgIpc) is 3.49. The van der Waals surface area contributed by atoms with Crippen molar-refractivity contribution in [3.63, 3.8) is 0 Å². The standard InChI is InChI=1S/C23H22N4O4S/c1-2-29-18-5-3-6-20-21(18)25-23(32-20)27(12-11-26-10-4-9-24-26)22(28)16-7-8-17-19(15-16)31-14-13-30-17/h3-10,15H,2,11-14H2,1H3. The van der Waals surface area contributed by atoms with Crippen LogP contribution in [0.2, 0.25) is 0 Å². The summed E-state index contributed by atoms with van der Waals surface area (Å²) in [5.41, 5.74) is 1.27. The second-order valence-corrected chi connectivity index (χ2v) is 8.13. The monoisotopic (exact) mass is 450 g/mol. The predicted octanol–water partition coefficient (Wildman–Crippen LogP) is 4.01. The minimum atomic E-state index is -0.161. The SMILES string of the molecule is CCOc1cccc2sc(N(CCn3cccn3)C(=O)c3ccc4c(c3)OCCO4)nc12. The molecule has 1 amide bonds. The first kappa shape index (κ1) is 20.3. The Morgan fingerprint density at radius 1 is 1.19 bits per heavy atom. The summed E-state index contributed by atoms with van der Waals surface area (Å²) >= 11 is 1.46. The van der Waals surface area contributed by atoms with Gasteiger partial charge < -0.3 is 14.2 Å². The van der Waals surface area contributed by atoms with Gasteiger partial charge in [-0.2, -0.15) is 5.10 Å². The molecule has 5 rings (SSSR count). The molecule has 9 heteroatoms. The zero-order valence-corrected chi connectivity index (χ0v) is 18.4. The van der Waals surface area contributed by atoms with Gasteiger partial charge >= 0.3 is 0 Å². The van der Waals surface area contributed by atoms with Gasteiger partial charge in [-0.05, 0) is 43.3 Å². The molecular formula is C23H22N4O4S. The molecule has 0 aliphatic carbocycles. The molecule has 0 saturated heterocycles. The summed E-state index contributed by atoms with van der Waals surface area (Å²) in [5.74, 6) is 1.78. The van der Waals surface area contributed by atoms with Gasteiger partial charge in [0.15, 0.2) is 16.6 Å². The Balaban J connectivity index is 1.51. The van der Waals surface area contributed by atoms with Crippen LogP contribution >= 0.6 is 11.3 Å².